The number of rotatable bonds is 7. The van der Waals surface area contributed by atoms with Crippen molar-refractivity contribution in [2.24, 2.45) is 0 Å². The average molecular weight is 526 g/mol. The number of nitrogens with one attached hydrogen (secondary N) is 1. The van der Waals surface area contributed by atoms with Gasteiger partial charge in [-0.3, -0.25) is 9.59 Å². The zero-order valence-electron chi connectivity index (χ0n) is 20.2. The summed E-state index contributed by atoms with van der Waals surface area (Å²) < 4.78 is 5.92. The molecule has 0 saturated heterocycles. The summed E-state index contributed by atoms with van der Waals surface area (Å²) in [5.41, 5.74) is 1.49. The second-order valence-electron chi connectivity index (χ2n) is 9.06. The lowest BCUT2D eigenvalue weighted by Crippen LogP contribution is -2.32. The van der Waals surface area contributed by atoms with E-state index in [0.717, 1.165) is 11.1 Å². The van der Waals surface area contributed by atoms with Crippen molar-refractivity contribution in [1.82, 2.24) is 9.88 Å². The van der Waals surface area contributed by atoms with E-state index in [4.69, 9.17) is 32.6 Å². The van der Waals surface area contributed by atoms with Gasteiger partial charge in [0.2, 0.25) is 17.4 Å². The number of carbonyl (C=O) groups excluding carboxylic acids is 2. The highest BCUT2D eigenvalue weighted by molar-refractivity contribution is 6.33. The van der Waals surface area contributed by atoms with Gasteiger partial charge in [0, 0.05) is 35.3 Å². The zero-order chi connectivity index (χ0) is 26.2. The number of nitrogens with zero attached hydrogens (tertiary/aromatic N) is 2. The van der Waals surface area contributed by atoms with Crippen LogP contribution < -0.4 is 5.32 Å². The Balaban J connectivity index is 2.01. The van der Waals surface area contributed by atoms with Gasteiger partial charge in [-0.15, -0.1) is 0 Å². The van der Waals surface area contributed by atoms with Gasteiger partial charge in [0.1, 0.15) is 5.60 Å². The number of carbonyl (C=O) groups is 2. The van der Waals surface area contributed by atoms with Crippen molar-refractivity contribution >= 4 is 51.7 Å². The van der Waals surface area contributed by atoms with Crippen LogP contribution in [0.3, 0.4) is 0 Å². The second-order valence-corrected chi connectivity index (χ2v) is 9.90. The van der Waals surface area contributed by atoms with E-state index in [1.54, 1.807) is 32.3 Å². The molecule has 0 unspecified atom stereocenters. The number of furan rings is 1. The van der Waals surface area contributed by atoms with Crippen LogP contribution in [0.1, 0.15) is 24.4 Å². The number of aromatic nitrogens is 1. The summed E-state index contributed by atoms with van der Waals surface area (Å²) in [5, 5.41) is 15.0. The Labute approximate surface area is 218 Å². The quantitative estimate of drug-likeness (QED) is 0.290. The molecular formula is C27H25Cl2N3O4. The molecule has 1 amide bonds. The molecule has 2 heterocycles. The van der Waals surface area contributed by atoms with Gasteiger partial charge in [-0.1, -0.05) is 53.5 Å². The molecule has 4 aromatic rings. The van der Waals surface area contributed by atoms with Gasteiger partial charge in [-0.05, 0) is 43.7 Å². The SMILES string of the molecule is CN(C)C(=O)CNc1c(C(=O)C(C)(C)O)oc2nc(-c3ccccc3Cl)c(-c3ccc(Cl)cc3)cc12. The fourth-order valence-corrected chi connectivity index (χ4v) is 4.02. The molecule has 0 saturated carbocycles. The lowest BCUT2D eigenvalue weighted by atomic mass is 9.97. The zero-order valence-corrected chi connectivity index (χ0v) is 21.7. The minimum Gasteiger partial charge on any atom is -0.432 e. The molecule has 0 aliphatic carbocycles. The number of aliphatic hydroxyl groups is 1. The van der Waals surface area contributed by atoms with Gasteiger partial charge in [-0.2, -0.15) is 0 Å². The fourth-order valence-electron chi connectivity index (χ4n) is 3.67. The second kappa shape index (κ2) is 9.93. The van der Waals surface area contributed by atoms with Gasteiger partial charge >= 0.3 is 0 Å². The molecule has 36 heavy (non-hydrogen) atoms. The molecule has 0 aliphatic rings. The maximum absolute atomic E-state index is 13.1. The van der Waals surface area contributed by atoms with Crippen LogP contribution in [0.4, 0.5) is 5.69 Å². The topological polar surface area (TPSA) is 95.7 Å². The maximum atomic E-state index is 13.1. The van der Waals surface area contributed by atoms with Crippen molar-refractivity contribution in [3.8, 4) is 22.4 Å². The Kier molecular flexibility index (Phi) is 7.09. The average Bonchev–Trinajstić information content (AvgIpc) is 3.18. The third-order valence-electron chi connectivity index (χ3n) is 5.64. The number of halogens is 2. The summed E-state index contributed by atoms with van der Waals surface area (Å²) in [6.45, 7) is 2.66. The molecule has 4 rings (SSSR count). The van der Waals surface area contributed by atoms with Crippen molar-refractivity contribution in [1.29, 1.82) is 0 Å². The lowest BCUT2D eigenvalue weighted by molar-refractivity contribution is -0.126. The molecule has 0 aliphatic heterocycles. The fraction of sp³-hybridized carbons (Fsp3) is 0.222. The maximum Gasteiger partial charge on any atom is 0.241 e. The minimum absolute atomic E-state index is 0.0870. The number of likely N-dealkylation sites (N-methyl/N-ethyl adjacent to an activating group) is 1. The number of benzene rings is 2. The molecule has 9 heteroatoms. The standard InChI is InChI=1S/C27H25Cl2N3O4/c1-27(2,35)25(34)24-23(30-14-21(33)32(3)4)19-13-18(15-9-11-16(28)12-10-15)22(31-26(19)36-24)17-7-5-6-8-20(17)29/h5-13,30,35H,14H2,1-4H3. The number of anilines is 1. The van der Waals surface area contributed by atoms with E-state index in [-0.39, 0.29) is 29.6 Å². The highest BCUT2D eigenvalue weighted by atomic mass is 35.5. The van der Waals surface area contributed by atoms with Gasteiger partial charge in [0.15, 0.2) is 5.76 Å². The molecule has 186 valence electrons. The molecule has 0 fully saturated rings. The van der Waals surface area contributed by atoms with Crippen molar-refractivity contribution < 1.29 is 19.1 Å². The van der Waals surface area contributed by atoms with Gasteiger partial charge < -0.3 is 19.7 Å². The van der Waals surface area contributed by atoms with E-state index in [2.05, 4.69) is 5.32 Å². The smallest absolute Gasteiger partial charge is 0.241 e. The van der Waals surface area contributed by atoms with Crippen molar-refractivity contribution in [3.05, 3.63) is 70.4 Å². The normalized spacial score (nSPS) is 11.5. The minimum atomic E-state index is -1.71. The number of Topliss-reactive ketones (excluding diaryl/α,β-unsaturated/α-hetero) is 1. The highest BCUT2D eigenvalue weighted by Crippen LogP contribution is 2.41. The summed E-state index contributed by atoms with van der Waals surface area (Å²) in [7, 11) is 3.27. The largest absolute Gasteiger partial charge is 0.432 e. The summed E-state index contributed by atoms with van der Waals surface area (Å²) in [6, 6.07) is 16.4. The van der Waals surface area contributed by atoms with Crippen molar-refractivity contribution in [3.63, 3.8) is 0 Å². The van der Waals surface area contributed by atoms with Crippen molar-refractivity contribution in [2.75, 3.05) is 26.0 Å². The van der Waals surface area contributed by atoms with E-state index >= 15 is 0 Å². The summed E-state index contributed by atoms with van der Waals surface area (Å²) in [6.07, 6.45) is 0. The van der Waals surface area contributed by atoms with E-state index < -0.39 is 11.4 Å². The Morgan fingerprint density at radius 3 is 2.33 bits per heavy atom. The first-order chi connectivity index (χ1) is 17.0. The Bertz CT molecular complexity index is 1450. The summed E-state index contributed by atoms with van der Waals surface area (Å²) >= 11 is 12.6. The van der Waals surface area contributed by atoms with E-state index in [0.29, 0.717) is 26.7 Å². The molecule has 2 aromatic carbocycles. The van der Waals surface area contributed by atoms with Crippen molar-refractivity contribution in [2.45, 2.75) is 19.4 Å². The van der Waals surface area contributed by atoms with E-state index in [9.17, 15) is 14.7 Å². The molecule has 7 nitrogen and oxygen atoms in total. The van der Waals surface area contributed by atoms with Gasteiger partial charge in [0.05, 0.1) is 23.3 Å². The summed E-state index contributed by atoms with van der Waals surface area (Å²) in [4.78, 5) is 31.6. The summed E-state index contributed by atoms with van der Waals surface area (Å²) in [5.74, 6) is -0.966. The molecular weight excluding hydrogens is 501 g/mol. The third kappa shape index (κ3) is 5.09. The molecule has 0 spiro atoms. The van der Waals surface area contributed by atoms with Gasteiger partial charge in [-0.25, -0.2) is 4.98 Å². The molecule has 0 radical (unpaired) electrons. The van der Waals surface area contributed by atoms with E-state index in [1.165, 1.54) is 18.7 Å². The van der Waals surface area contributed by atoms with Crippen LogP contribution in [0.25, 0.3) is 33.5 Å². The number of amides is 1. The molecule has 2 N–H and O–H groups in total. The van der Waals surface area contributed by atoms with Crippen LogP contribution in [0.2, 0.25) is 10.0 Å². The molecule has 0 atom stereocenters. The highest BCUT2D eigenvalue weighted by Gasteiger charge is 2.33. The molecule has 0 bridgehead atoms. The molecule has 2 aromatic heterocycles. The Morgan fingerprint density at radius 1 is 1.06 bits per heavy atom. The Morgan fingerprint density at radius 2 is 1.72 bits per heavy atom. The van der Waals surface area contributed by atoms with Crippen LogP contribution in [0.15, 0.2) is 59.0 Å². The number of pyridine rings is 1. The first-order valence-electron chi connectivity index (χ1n) is 11.2. The number of ketones is 1. The lowest BCUT2D eigenvalue weighted by Gasteiger charge is -2.16. The van der Waals surface area contributed by atoms with Crippen LogP contribution in [-0.4, -0.2) is 52.9 Å². The van der Waals surface area contributed by atoms with E-state index in [1.807, 2.05) is 36.4 Å². The van der Waals surface area contributed by atoms with Crippen LogP contribution in [0, 0.1) is 0 Å². The van der Waals surface area contributed by atoms with Gasteiger partial charge in [0.25, 0.3) is 0 Å². The monoisotopic (exact) mass is 525 g/mol. The number of hydrogen-bond acceptors (Lipinski definition) is 6. The van der Waals surface area contributed by atoms with Crippen LogP contribution >= 0.6 is 23.2 Å². The Hall–Kier alpha value is -3.39. The van der Waals surface area contributed by atoms with Crippen LogP contribution in [0.5, 0.6) is 0 Å². The predicted octanol–water partition coefficient (Wildman–Crippen LogP) is 5.92. The predicted molar refractivity (Wildman–Crippen MR) is 143 cm³/mol. The number of fused-ring (bicyclic) bond motifs is 1. The first-order valence-corrected chi connectivity index (χ1v) is 11.9. The van der Waals surface area contributed by atoms with Crippen LogP contribution in [-0.2, 0) is 4.79 Å². The third-order valence-corrected chi connectivity index (χ3v) is 6.23. The first kappa shape index (κ1) is 25.7. The number of hydrogen-bond donors (Lipinski definition) is 2.